The van der Waals surface area contributed by atoms with Crippen LogP contribution in [-0.2, 0) is 0 Å². The number of hydrogen-bond acceptors (Lipinski definition) is 1. The van der Waals surface area contributed by atoms with E-state index in [1.54, 1.807) is 0 Å². The molecule has 3 atom stereocenters. The highest BCUT2D eigenvalue weighted by atomic mass is 14.9. The van der Waals surface area contributed by atoms with Crippen molar-refractivity contribution in [2.24, 2.45) is 11.8 Å². The predicted molar refractivity (Wildman–Crippen MR) is 68.0 cm³/mol. The summed E-state index contributed by atoms with van der Waals surface area (Å²) in [6.45, 7) is 8.16. The molecular weight excluding hydrogens is 182 g/mol. The third-order valence-electron chi connectivity index (χ3n) is 3.59. The Morgan fingerprint density at radius 2 is 2.13 bits per heavy atom. The van der Waals surface area contributed by atoms with E-state index in [0.29, 0.717) is 6.04 Å². The van der Waals surface area contributed by atoms with Crippen molar-refractivity contribution < 1.29 is 0 Å². The third-order valence-corrected chi connectivity index (χ3v) is 3.59. The molecule has 0 aromatic heterocycles. The van der Waals surface area contributed by atoms with Crippen molar-refractivity contribution in [1.82, 2.24) is 5.32 Å². The smallest absolute Gasteiger partial charge is 0.00413 e. The van der Waals surface area contributed by atoms with Gasteiger partial charge in [-0.1, -0.05) is 32.4 Å². The minimum atomic E-state index is 0.686. The van der Waals surface area contributed by atoms with Crippen LogP contribution in [0.25, 0.3) is 0 Å². The zero-order chi connectivity index (χ0) is 11.1. The maximum Gasteiger partial charge on any atom is 0.00413 e. The van der Waals surface area contributed by atoms with E-state index in [0.717, 1.165) is 11.8 Å². The number of allylic oxidation sites excluding steroid dienone is 2. The number of hydrogen-bond donors (Lipinski definition) is 1. The van der Waals surface area contributed by atoms with Crippen molar-refractivity contribution in [1.29, 1.82) is 0 Å². The van der Waals surface area contributed by atoms with Crippen molar-refractivity contribution in [3.8, 4) is 0 Å². The maximum atomic E-state index is 3.68. The normalized spacial score (nSPS) is 25.1. The highest BCUT2D eigenvalue weighted by Crippen LogP contribution is 2.17. The third kappa shape index (κ3) is 5.36. The lowest BCUT2D eigenvalue weighted by Crippen LogP contribution is -2.32. The Bertz CT molecular complexity index is 186. The molecule has 1 aliphatic rings. The van der Waals surface area contributed by atoms with Gasteiger partial charge < -0.3 is 5.32 Å². The molecule has 0 aliphatic heterocycles. The molecule has 0 saturated carbocycles. The molecule has 0 aromatic rings. The van der Waals surface area contributed by atoms with Gasteiger partial charge in [-0.15, -0.1) is 0 Å². The van der Waals surface area contributed by atoms with Gasteiger partial charge in [-0.3, -0.25) is 0 Å². The fourth-order valence-electron chi connectivity index (χ4n) is 2.26. The molecule has 1 N–H and O–H groups in total. The van der Waals surface area contributed by atoms with Crippen LogP contribution in [0.2, 0.25) is 0 Å². The van der Waals surface area contributed by atoms with Crippen molar-refractivity contribution >= 4 is 0 Å². The molecule has 0 heterocycles. The first-order chi connectivity index (χ1) is 7.22. The molecule has 0 fully saturated rings. The largest absolute Gasteiger partial charge is 0.314 e. The van der Waals surface area contributed by atoms with Crippen LogP contribution in [-0.4, -0.2) is 12.6 Å². The van der Waals surface area contributed by atoms with Crippen LogP contribution >= 0.6 is 0 Å². The van der Waals surface area contributed by atoms with Gasteiger partial charge in [-0.05, 0) is 51.0 Å². The molecule has 88 valence electrons. The molecule has 0 radical (unpaired) electrons. The van der Waals surface area contributed by atoms with E-state index in [2.05, 4.69) is 38.2 Å². The van der Waals surface area contributed by atoms with E-state index in [1.807, 2.05) is 0 Å². The Balaban J connectivity index is 2.10. The summed E-state index contributed by atoms with van der Waals surface area (Å²) in [5.41, 5.74) is 0. The summed E-state index contributed by atoms with van der Waals surface area (Å²) in [5, 5.41) is 3.68. The second-order valence-electron chi connectivity index (χ2n) is 5.21. The first-order valence-electron chi connectivity index (χ1n) is 6.60. The van der Waals surface area contributed by atoms with Crippen molar-refractivity contribution in [2.75, 3.05) is 6.54 Å². The van der Waals surface area contributed by atoms with Crippen molar-refractivity contribution in [2.45, 2.75) is 58.9 Å². The molecule has 0 aromatic carbocycles. The van der Waals surface area contributed by atoms with Gasteiger partial charge in [0.25, 0.3) is 0 Å². The molecular formula is C14H27N. The van der Waals surface area contributed by atoms with Crippen LogP contribution in [0.4, 0.5) is 0 Å². The van der Waals surface area contributed by atoms with Gasteiger partial charge in [0, 0.05) is 6.04 Å². The summed E-state index contributed by atoms with van der Waals surface area (Å²) in [6, 6.07) is 0.686. The van der Waals surface area contributed by atoms with Crippen LogP contribution in [0.5, 0.6) is 0 Å². The summed E-state index contributed by atoms with van der Waals surface area (Å²) in [6.07, 6.45) is 11.2. The van der Waals surface area contributed by atoms with Crippen LogP contribution in [0.3, 0.4) is 0 Å². The summed E-state index contributed by atoms with van der Waals surface area (Å²) >= 11 is 0. The number of nitrogens with one attached hydrogen (secondary N) is 1. The van der Waals surface area contributed by atoms with Crippen molar-refractivity contribution in [3.05, 3.63) is 12.2 Å². The molecule has 0 spiro atoms. The Hall–Kier alpha value is -0.300. The van der Waals surface area contributed by atoms with Crippen LogP contribution in [0, 0.1) is 11.8 Å². The highest BCUT2D eigenvalue weighted by molar-refractivity contribution is 4.90. The lowest BCUT2D eigenvalue weighted by atomic mass is 9.93. The predicted octanol–water partition coefficient (Wildman–Crippen LogP) is 3.76. The van der Waals surface area contributed by atoms with Crippen molar-refractivity contribution in [3.63, 3.8) is 0 Å². The molecule has 0 saturated heterocycles. The molecule has 15 heavy (non-hydrogen) atoms. The van der Waals surface area contributed by atoms with Gasteiger partial charge in [-0.25, -0.2) is 0 Å². The molecule has 3 unspecified atom stereocenters. The topological polar surface area (TPSA) is 12.0 Å². The molecule has 1 aliphatic carbocycles. The fourth-order valence-corrected chi connectivity index (χ4v) is 2.26. The van der Waals surface area contributed by atoms with Crippen LogP contribution < -0.4 is 5.32 Å². The van der Waals surface area contributed by atoms with Gasteiger partial charge in [0.15, 0.2) is 0 Å². The zero-order valence-electron chi connectivity index (χ0n) is 10.6. The average molecular weight is 209 g/mol. The average Bonchev–Trinajstić information content (AvgIpc) is 2.27. The summed E-state index contributed by atoms with van der Waals surface area (Å²) in [7, 11) is 0. The first-order valence-corrected chi connectivity index (χ1v) is 6.60. The number of rotatable bonds is 6. The Morgan fingerprint density at radius 1 is 1.33 bits per heavy atom. The summed E-state index contributed by atoms with van der Waals surface area (Å²) < 4.78 is 0. The van der Waals surface area contributed by atoms with E-state index in [9.17, 15) is 0 Å². The monoisotopic (exact) mass is 209 g/mol. The van der Waals surface area contributed by atoms with Gasteiger partial charge in [0.1, 0.15) is 0 Å². The Kier molecular flexibility index (Phi) is 6.00. The summed E-state index contributed by atoms with van der Waals surface area (Å²) in [4.78, 5) is 0. The quantitative estimate of drug-likeness (QED) is 0.657. The fraction of sp³-hybridized carbons (Fsp3) is 0.857. The maximum absolute atomic E-state index is 3.68. The molecule has 0 amide bonds. The van der Waals surface area contributed by atoms with E-state index in [-0.39, 0.29) is 0 Å². The van der Waals surface area contributed by atoms with E-state index in [1.165, 1.54) is 38.6 Å². The summed E-state index contributed by atoms with van der Waals surface area (Å²) in [5.74, 6) is 1.74. The second-order valence-corrected chi connectivity index (χ2v) is 5.21. The Labute approximate surface area is 95.3 Å². The SMILES string of the molecule is CCC(C)CC(C)NCC1CC=CCC1. The molecule has 0 bridgehead atoms. The second kappa shape index (κ2) is 7.05. The first kappa shape index (κ1) is 12.8. The molecule has 1 nitrogen and oxygen atoms in total. The van der Waals surface area contributed by atoms with Gasteiger partial charge in [0.05, 0.1) is 0 Å². The van der Waals surface area contributed by atoms with Crippen LogP contribution in [0.1, 0.15) is 52.9 Å². The minimum Gasteiger partial charge on any atom is -0.314 e. The molecule has 1 rings (SSSR count). The van der Waals surface area contributed by atoms with Gasteiger partial charge in [0.2, 0.25) is 0 Å². The lowest BCUT2D eigenvalue weighted by Gasteiger charge is -2.23. The molecule has 1 heteroatoms. The zero-order valence-corrected chi connectivity index (χ0v) is 10.6. The highest BCUT2D eigenvalue weighted by Gasteiger charge is 2.12. The standard InChI is InChI=1S/C14H27N/c1-4-12(2)10-13(3)15-11-14-8-6-5-7-9-14/h5-6,12-15H,4,7-11H2,1-3H3. The van der Waals surface area contributed by atoms with Crippen LogP contribution in [0.15, 0.2) is 12.2 Å². The van der Waals surface area contributed by atoms with Gasteiger partial charge >= 0.3 is 0 Å². The van der Waals surface area contributed by atoms with E-state index in [4.69, 9.17) is 0 Å². The van der Waals surface area contributed by atoms with E-state index < -0.39 is 0 Å². The Morgan fingerprint density at radius 3 is 2.73 bits per heavy atom. The lowest BCUT2D eigenvalue weighted by molar-refractivity contribution is 0.367. The van der Waals surface area contributed by atoms with Gasteiger partial charge in [-0.2, -0.15) is 0 Å². The van der Waals surface area contributed by atoms with E-state index >= 15 is 0 Å². The minimum absolute atomic E-state index is 0.686.